The topological polar surface area (TPSA) is 60.5 Å². The highest BCUT2D eigenvalue weighted by atomic mass is 32.1. The van der Waals surface area contributed by atoms with Gasteiger partial charge in [-0.2, -0.15) is 0 Å². The van der Waals surface area contributed by atoms with E-state index in [0.29, 0.717) is 19.8 Å². The van der Waals surface area contributed by atoms with E-state index in [4.69, 9.17) is 9.47 Å². The van der Waals surface area contributed by atoms with Crippen LogP contribution in [0.15, 0.2) is 48.5 Å². The van der Waals surface area contributed by atoms with E-state index >= 15 is 0 Å². The number of nitrogens with one attached hydrogen (secondary N) is 1. The number of rotatable bonds is 4. The molecule has 1 aromatic heterocycles. The summed E-state index contributed by atoms with van der Waals surface area (Å²) in [6.45, 7) is 1.55. The second-order valence-corrected chi connectivity index (χ2v) is 6.61. The molecule has 0 saturated heterocycles. The van der Waals surface area contributed by atoms with Crippen molar-refractivity contribution < 1.29 is 14.3 Å². The van der Waals surface area contributed by atoms with Crippen molar-refractivity contribution in [3.8, 4) is 11.5 Å². The molecule has 6 heteroatoms. The van der Waals surface area contributed by atoms with E-state index in [0.717, 1.165) is 32.3 Å². The Bertz CT molecular complexity index is 916. The number of thiazole rings is 1. The Hall–Kier alpha value is -2.86. The maximum Gasteiger partial charge on any atom is 0.244 e. The molecule has 1 aliphatic heterocycles. The second-order valence-electron chi connectivity index (χ2n) is 5.55. The van der Waals surface area contributed by atoms with Crippen molar-refractivity contribution in [1.29, 1.82) is 0 Å². The number of nitrogens with zero attached hydrogens (tertiary/aromatic N) is 1. The van der Waals surface area contributed by atoms with Gasteiger partial charge in [-0.1, -0.05) is 18.2 Å². The first-order valence-electron chi connectivity index (χ1n) is 7.98. The predicted molar refractivity (Wildman–Crippen MR) is 97.9 cm³/mol. The molecule has 5 nitrogen and oxygen atoms in total. The number of carbonyl (C=O) groups is 1. The fourth-order valence-corrected chi connectivity index (χ4v) is 3.42. The van der Waals surface area contributed by atoms with Gasteiger partial charge in [0.1, 0.15) is 18.2 Å². The summed E-state index contributed by atoms with van der Waals surface area (Å²) in [6.07, 6.45) is 3.25. The Morgan fingerprint density at radius 3 is 2.88 bits per heavy atom. The SMILES string of the molecule is O=C(/C=C/c1nc2ccccc2s1)NCc1ccc2c(c1)OCCO2. The quantitative estimate of drug-likeness (QED) is 0.731. The molecule has 3 aromatic rings. The highest BCUT2D eigenvalue weighted by molar-refractivity contribution is 7.19. The zero-order valence-corrected chi connectivity index (χ0v) is 14.2. The van der Waals surface area contributed by atoms with Crippen LogP contribution in [0.2, 0.25) is 0 Å². The summed E-state index contributed by atoms with van der Waals surface area (Å²) >= 11 is 1.56. The maximum absolute atomic E-state index is 12.0. The van der Waals surface area contributed by atoms with Crippen molar-refractivity contribution in [2.45, 2.75) is 6.54 Å². The highest BCUT2D eigenvalue weighted by Gasteiger charge is 2.11. The van der Waals surface area contributed by atoms with Gasteiger partial charge in [-0.15, -0.1) is 11.3 Å². The van der Waals surface area contributed by atoms with Crippen molar-refractivity contribution >= 4 is 33.5 Å². The van der Waals surface area contributed by atoms with Crippen molar-refractivity contribution in [3.05, 3.63) is 59.1 Å². The number of hydrogen-bond acceptors (Lipinski definition) is 5. The summed E-state index contributed by atoms with van der Waals surface area (Å²) in [5.74, 6) is 1.31. The zero-order chi connectivity index (χ0) is 17.1. The molecule has 0 unspecified atom stereocenters. The van der Waals surface area contributed by atoms with Crippen LogP contribution in [0.1, 0.15) is 10.6 Å². The molecule has 2 heterocycles. The van der Waals surface area contributed by atoms with Gasteiger partial charge in [0.2, 0.25) is 5.91 Å². The van der Waals surface area contributed by atoms with Gasteiger partial charge in [0.15, 0.2) is 11.5 Å². The largest absolute Gasteiger partial charge is 0.486 e. The number of hydrogen-bond donors (Lipinski definition) is 1. The molecule has 25 heavy (non-hydrogen) atoms. The van der Waals surface area contributed by atoms with Crippen LogP contribution in [-0.2, 0) is 11.3 Å². The van der Waals surface area contributed by atoms with Crippen LogP contribution in [-0.4, -0.2) is 24.1 Å². The Kier molecular flexibility index (Phi) is 4.35. The summed E-state index contributed by atoms with van der Waals surface area (Å²) in [4.78, 5) is 16.5. The molecule has 0 aliphatic carbocycles. The van der Waals surface area contributed by atoms with Gasteiger partial charge in [0.05, 0.1) is 10.2 Å². The van der Waals surface area contributed by atoms with Crippen molar-refractivity contribution in [2.75, 3.05) is 13.2 Å². The molecule has 4 rings (SSSR count). The first kappa shape index (κ1) is 15.7. The molecule has 1 N–H and O–H groups in total. The molecule has 0 atom stereocenters. The number of amides is 1. The molecule has 0 bridgehead atoms. The predicted octanol–water partition coefficient (Wildman–Crippen LogP) is 3.40. The van der Waals surface area contributed by atoms with Crippen LogP contribution in [0.3, 0.4) is 0 Å². The van der Waals surface area contributed by atoms with Crippen LogP contribution in [0.5, 0.6) is 11.5 Å². The Morgan fingerprint density at radius 2 is 2.00 bits per heavy atom. The molecule has 1 aliphatic rings. The molecule has 0 radical (unpaired) electrons. The second kappa shape index (κ2) is 6.94. The molecule has 0 saturated carbocycles. The number of aromatic nitrogens is 1. The molecular formula is C19H16N2O3S. The van der Waals surface area contributed by atoms with E-state index in [9.17, 15) is 4.79 Å². The maximum atomic E-state index is 12.0. The first-order valence-corrected chi connectivity index (χ1v) is 8.79. The number of fused-ring (bicyclic) bond motifs is 2. The molecular weight excluding hydrogens is 336 g/mol. The summed E-state index contributed by atoms with van der Waals surface area (Å²) < 4.78 is 12.1. The van der Waals surface area contributed by atoms with Crippen molar-refractivity contribution in [2.24, 2.45) is 0 Å². The average Bonchev–Trinajstić information content (AvgIpc) is 3.07. The van der Waals surface area contributed by atoms with Crippen LogP contribution in [0, 0.1) is 0 Å². The average molecular weight is 352 g/mol. The fraction of sp³-hybridized carbons (Fsp3) is 0.158. The molecule has 1 amide bonds. The van der Waals surface area contributed by atoms with Gasteiger partial charge in [-0.05, 0) is 35.9 Å². The lowest BCUT2D eigenvalue weighted by atomic mass is 10.2. The summed E-state index contributed by atoms with van der Waals surface area (Å²) in [7, 11) is 0. The number of para-hydroxylation sites is 1. The van der Waals surface area contributed by atoms with Crippen LogP contribution >= 0.6 is 11.3 Å². The standard InChI is InChI=1S/C19H16N2O3S/c22-18(7-8-19-21-14-3-1-2-4-17(14)25-19)20-12-13-5-6-15-16(11-13)24-10-9-23-15/h1-8,11H,9-10,12H2,(H,20,22)/b8-7+. The highest BCUT2D eigenvalue weighted by Crippen LogP contribution is 2.30. The van der Waals surface area contributed by atoms with Crippen molar-refractivity contribution in [1.82, 2.24) is 10.3 Å². The lowest BCUT2D eigenvalue weighted by Crippen LogP contribution is -2.20. The normalized spacial score (nSPS) is 13.3. The van der Waals surface area contributed by atoms with Gasteiger partial charge in [0.25, 0.3) is 0 Å². The molecule has 0 spiro atoms. The van der Waals surface area contributed by atoms with E-state index in [-0.39, 0.29) is 5.91 Å². The molecule has 126 valence electrons. The zero-order valence-electron chi connectivity index (χ0n) is 13.4. The van der Waals surface area contributed by atoms with Gasteiger partial charge in [0, 0.05) is 12.6 Å². The third-order valence-corrected chi connectivity index (χ3v) is 4.76. The minimum Gasteiger partial charge on any atom is -0.486 e. The number of carbonyl (C=O) groups excluding carboxylic acids is 1. The van der Waals surface area contributed by atoms with E-state index in [1.807, 2.05) is 42.5 Å². The van der Waals surface area contributed by atoms with Gasteiger partial charge in [-0.25, -0.2) is 4.98 Å². The Balaban J connectivity index is 1.37. The minimum absolute atomic E-state index is 0.158. The van der Waals surface area contributed by atoms with Gasteiger partial charge >= 0.3 is 0 Å². The summed E-state index contributed by atoms with van der Waals surface area (Å²) in [6, 6.07) is 13.6. The Morgan fingerprint density at radius 1 is 1.16 bits per heavy atom. The van der Waals surface area contributed by atoms with E-state index in [1.54, 1.807) is 17.4 Å². The minimum atomic E-state index is -0.158. The molecule has 0 fully saturated rings. The number of ether oxygens (including phenoxy) is 2. The summed E-state index contributed by atoms with van der Waals surface area (Å²) in [5, 5.41) is 3.68. The van der Waals surface area contributed by atoms with E-state index < -0.39 is 0 Å². The van der Waals surface area contributed by atoms with Gasteiger partial charge in [-0.3, -0.25) is 4.79 Å². The van der Waals surface area contributed by atoms with Crippen molar-refractivity contribution in [3.63, 3.8) is 0 Å². The third-order valence-electron chi connectivity index (χ3n) is 3.76. The van der Waals surface area contributed by atoms with Crippen LogP contribution < -0.4 is 14.8 Å². The monoisotopic (exact) mass is 352 g/mol. The fourth-order valence-electron chi connectivity index (χ4n) is 2.55. The van der Waals surface area contributed by atoms with E-state index in [2.05, 4.69) is 10.3 Å². The molecule has 2 aromatic carbocycles. The third kappa shape index (κ3) is 3.64. The smallest absolute Gasteiger partial charge is 0.244 e. The first-order chi connectivity index (χ1) is 12.3. The van der Waals surface area contributed by atoms with E-state index in [1.165, 1.54) is 6.08 Å². The lowest BCUT2D eigenvalue weighted by Gasteiger charge is -2.18. The number of benzene rings is 2. The Labute approximate surface area is 148 Å². The summed E-state index contributed by atoms with van der Waals surface area (Å²) in [5.41, 5.74) is 1.91. The van der Waals surface area contributed by atoms with Gasteiger partial charge < -0.3 is 14.8 Å². The van der Waals surface area contributed by atoms with Crippen LogP contribution in [0.25, 0.3) is 16.3 Å². The lowest BCUT2D eigenvalue weighted by molar-refractivity contribution is -0.116. The van der Waals surface area contributed by atoms with Crippen LogP contribution in [0.4, 0.5) is 0 Å².